The van der Waals surface area contributed by atoms with Crippen LogP contribution >= 0.6 is 11.8 Å². The summed E-state index contributed by atoms with van der Waals surface area (Å²) in [4.78, 5) is 11.7. The number of aryl methyl sites for hydroxylation is 1. The molecule has 4 heteroatoms. The molecule has 1 amide bonds. The lowest BCUT2D eigenvalue weighted by molar-refractivity contribution is -0.122. The van der Waals surface area contributed by atoms with Crippen LogP contribution in [0.5, 0.6) is 5.75 Å². The van der Waals surface area contributed by atoms with Gasteiger partial charge in [-0.25, -0.2) is 0 Å². The number of nitrogens with one attached hydrogen (secondary N) is 1. The quantitative estimate of drug-likeness (QED) is 0.818. The van der Waals surface area contributed by atoms with Crippen LogP contribution in [0, 0.1) is 13.8 Å². The number of rotatable bonds is 6. The van der Waals surface area contributed by atoms with Gasteiger partial charge in [-0.05, 0) is 31.0 Å². The molecule has 0 bridgehead atoms. The Morgan fingerprint density at radius 3 is 2.65 bits per heavy atom. The Bertz CT molecular complexity index is 452. The molecule has 0 heterocycles. The maximum absolute atomic E-state index is 11.7. The van der Waals surface area contributed by atoms with Crippen molar-refractivity contribution in [1.82, 2.24) is 5.32 Å². The first kappa shape index (κ1) is 16.9. The predicted molar refractivity (Wildman–Crippen MR) is 86.6 cm³/mol. The molecule has 0 saturated carbocycles. The van der Waals surface area contributed by atoms with Crippen LogP contribution in [0.1, 0.15) is 31.9 Å². The van der Waals surface area contributed by atoms with Crippen LogP contribution in [0.25, 0.3) is 0 Å². The summed E-state index contributed by atoms with van der Waals surface area (Å²) >= 11 is 1.84. The van der Waals surface area contributed by atoms with Crippen LogP contribution < -0.4 is 10.1 Å². The standard InChI is InChI=1S/C16H25NO2S/c1-12-7-6-8-14(13(12)2)19-11-15(18)17-9-10-20-16(3,4)5/h6-8H,9-11H2,1-5H3,(H,17,18). The molecule has 112 valence electrons. The Labute approximate surface area is 126 Å². The average molecular weight is 295 g/mol. The lowest BCUT2D eigenvalue weighted by Crippen LogP contribution is -2.31. The second-order valence-electron chi connectivity index (χ2n) is 5.80. The van der Waals surface area contributed by atoms with Crippen LogP contribution in [0.3, 0.4) is 0 Å². The molecule has 1 aromatic carbocycles. The largest absolute Gasteiger partial charge is 0.483 e. The van der Waals surface area contributed by atoms with Gasteiger partial charge in [-0.15, -0.1) is 0 Å². The number of carbonyl (C=O) groups is 1. The van der Waals surface area contributed by atoms with Gasteiger partial charge in [-0.2, -0.15) is 11.8 Å². The molecule has 0 aromatic heterocycles. The molecule has 0 unspecified atom stereocenters. The Morgan fingerprint density at radius 1 is 1.30 bits per heavy atom. The minimum Gasteiger partial charge on any atom is -0.483 e. The molecule has 0 radical (unpaired) electrons. The molecular weight excluding hydrogens is 270 g/mol. The molecule has 1 rings (SSSR count). The van der Waals surface area contributed by atoms with Crippen LogP contribution in [-0.4, -0.2) is 29.6 Å². The van der Waals surface area contributed by atoms with Crippen molar-refractivity contribution in [2.45, 2.75) is 39.4 Å². The maximum Gasteiger partial charge on any atom is 0.257 e. The predicted octanol–water partition coefficient (Wildman–Crippen LogP) is 3.33. The van der Waals surface area contributed by atoms with Gasteiger partial charge in [0.1, 0.15) is 5.75 Å². The van der Waals surface area contributed by atoms with E-state index in [4.69, 9.17) is 4.74 Å². The van der Waals surface area contributed by atoms with Crippen molar-refractivity contribution in [3.63, 3.8) is 0 Å². The van der Waals surface area contributed by atoms with Gasteiger partial charge in [-0.1, -0.05) is 32.9 Å². The highest BCUT2D eigenvalue weighted by Crippen LogP contribution is 2.22. The molecule has 1 aromatic rings. The summed E-state index contributed by atoms with van der Waals surface area (Å²) in [5.74, 6) is 1.63. The second kappa shape index (κ2) is 7.58. The lowest BCUT2D eigenvalue weighted by atomic mass is 10.1. The van der Waals surface area contributed by atoms with E-state index in [1.165, 1.54) is 5.56 Å². The maximum atomic E-state index is 11.7. The van der Waals surface area contributed by atoms with Crippen molar-refractivity contribution in [3.05, 3.63) is 29.3 Å². The summed E-state index contributed by atoms with van der Waals surface area (Å²) in [5.41, 5.74) is 2.26. The van der Waals surface area contributed by atoms with Crippen molar-refractivity contribution >= 4 is 17.7 Å². The number of hydrogen-bond donors (Lipinski definition) is 1. The van der Waals surface area contributed by atoms with E-state index >= 15 is 0 Å². The highest BCUT2D eigenvalue weighted by Gasteiger charge is 2.10. The third-order valence-corrected chi connectivity index (χ3v) is 4.15. The lowest BCUT2D eigenvalue weighted by Gasteiger charge is -2.17. The van der Waals surface area contributed by atoms with Gasteiger partial charge in [0.25, 0.3) is 5.91 Å². The number of amides is 1. The third kappa shape index (κ3) is 6.33. The van der Waals surface area contributed by atoms with Gasteiger partial charge in [0.2, 0.25) is 0 Å². The van der Waals surface area contributed by atoms with Gasteiger partial charge in [0, 0.05) is 17.0 Å². The summed E-state index contributed by atoms with van der Waals surface area (Å²) in [6, 6.07) is 5.87. The molecule has 0 atom stereocenters. The summed E-state index contributed by atoms with van der Waals surface area (Å²) in [6.07, 6.45) is 0. The van der Waals surface area contributed by atoms with E-state index in [2.05, 4.69) is 26.1 Å². The van der Waals surface area contributed by atoms with E-state index in [9.17, 15) is 4.79 Å². The zero-order valence-electron chi connectivity index (χ0n) is 13.1. The molecule has 0 aliphatic carbocycles. The Hall–Kier alpha value is -1.16. The fourth-order valence-electron chi connectivity index (χ4n) is 1.62. The summed E-state index contributed by atoms with van der Waals surface area (Å²) in [5, 5.41) is 2.87. The first-order chi connectivity index (χ1) is 9.29. The molecule has 0 aliphatic heterocycles. The first-order valence-electron chi connectivity index (χ1n) is 6.89. The molecule has 20 heavy (non-hydrogen) atoms. The number of benzene rings is 1. The Kier molecular flexibility index (Phi) is 6.40. The van der Waals surface area contributed by atoms with Crippen molar-refractivity contribution in [2.75, 3.05) is 18.9 Å². The normalized spacial score (nSPS) is 11.2. The van der Waals surface area contributed by atoms with Crippen LogP contribution in [0.2, 0.25) is 0 Å². The summed E-state index contributed by atoms with van der Waals surface area (Å²) in [6.45, 7) is 11.3. The number of hydrogen-bond acceptors (Lipinski definition) is 3. The molecule has 0 fully saturated rings. The van der Waals surface area contributed by atoms with Crippen LogP contribution in [0.15, 0.2) is 18.2 Å². The topological polar surface area (TPSA) is 38.3 Å². The fraction of sp³-hybridized carbons (Fsp3) is 0.562. The van der Waals surface area contributed by atoms with Gasteiger partial charge < -0.3 is 10.1 Å². The molecule has 1 N–H and O–H groups in total. The van der Waals surface area contributed by atoms with Crippen LogP contribution in [-0.2, 0) is 4.79 Å². The van der Waals surface area contributed by atoms with Gasteiger partial charge in [0.15, 0.2) is 6.61 Å². The number of thioether (sulfide) groups is 1. The monoisotopic (exact) mass is 295 g/mol. The Balaban J connectivity index is 2.28. The number of ether oxygens (including phenoxy) is 1. The molecule has 0 saturated heterocycles. The van der Waals surface area contributed by atoms with E-state index in [1.807, 2.05) is 43.8 Å². The van der Waals surface area contributed by atoms with Gasteiger partial charge >= 0.3 is 0 Å². The van der Waals surface area contributed by atoms with Gasteiger partial charge in [0.05, 0.1) is 0 Å². The summed E-state index contributed by atoms with van der Waals surface area (Å²) < 4.78 is 5.79. The Morgan fingerprint density at radius 2 is 2.00 bits per heavy atom. The van der Waals surface area contributed by atoms with E-state index in [-0.39, 0.29) is 17.3 Å². The highest BCUT2D eigenvalue weighted by molar-refractivity contribution is 8.00. The highest BCUT2D eigenvalue weighted by atomic mass is 32.2. The second-order valence-corrected chi connectivity index (χ2v) is 7.72. The van der Waals surface area contributed by atoms with Crippen molar-refractivity contribution in [1.29, 1.82) is 0 Å². The van der Waals surface area contributed by atoms with Crippen LogP contribution in [0.4, 0.5) is 0 Å². The molecular formula is C16H25NO2S. The van der Waals surface area contributed by atoms with E-state index in [1.54, 1.807) is 0 Å². The molecule has 3 nitrogen and oxygen atoms in total. The smallest absolute Gasteiger partial charge is 0.257 e. The average Bonchev–Trinajstić information content (AvgIpc) is 2.35. The van der Waals surface area contributed by atoms with Gasteiger partial charge in [-0.3, -0.25) is 4.79 Å². The zero-order chi connectivity index (χ0) is 15.2. The third-order valence-electron chi connectivity index (χ3n) is 2.87. The van der Waals surface area contributed by atoms with Crippen molar-refractivity contribution in [2.24, 2.45) is 0 Å². The zero-order valence-corrected chi connectivity index (χ0v) is 13.9. The molecule has 0 spiro atoms. The SMILES string of the molecule is Cc1cccc(OCC(=O)NCCSC(C)(C)C)c1C. The van der Waals surface area contributed by atoms with E-state index in [0.29, 0.717) is 6.54 Å². The van der Waals surface area contributed by atoms with E-state index in [0.717, 1.165) is 17.1 Å². The number of carbonyl (C=O) groups excluding carboxylic acids is 1. The minimum absolute atomic E-state index is 0.0691. The fourth-order valence-corrected chi connectivity index (χ4v) is 2.44. The molecule has 0 aliphatic rings. The summed E-state index contributed by atoms with van der Waals surface area (Å²) in [7, 11) is 0. The first-order valence-corrected chi connectivity index (χ1v) is 7.88. The minimum atomic E-state index is -0.0691. The van der Waals surface area contributed by atoms with Crippen molar-refractivity contribution < 1.29 is 9.53 Å². The van der Waals surface area contributed by atoms with E-state index < -0.39 is 0 Å². The van der Waals surface area contributed by atoms with Crippen molar-refractivity contribution in [3.8, 4) is 5.75 Å².